The zero-order valence-electron chi connectivity index (χ0n) is 14.8. The van der Waals surface area contributed by atoms with Crippen LogP contribution in [0.4, 0.5) is 10.1 Å². The summed E-state index contributed by atoms with van der Waals surface area (Å²) in [5, 5.41) is 2.84. The number of anilines is 1. The lowest BCUT2D eigenvalue weighted by atomic mass is 10.1. The first-order chi connectivity index (χ1) is 12.4. The molecule has 0 aromatic heterocycles. The molecule has 3 rings (SSSR count). The maximum atomic E-state index is 13.9. The fourth-order valence-corrected chi connectivity index (χ4v) is 2.71. The van der Waals surface area contributed by atoms with Gasteiger partial charge in [-0.15, -0.1) is 0 Å². The summed E-state index contributed by atoms with van der Waals surface area (Å²) in [5.41, 5.74) is 1.87. The lowest BCUT2D eigenvalue weighted by Crippen LogP contribution is -2.32. The first-order valence-corrected chi connectivity index (χ1v) is 8.52. The molecule has 1 aliphatic rings. The monoisotopic (exact) mass is 356 g/mol. The molecule has 26 heavy (non-hydrogen) atoms. The number of fused-ring (bicyclic) bond motifs is 1. The Labute approximate surface area is 151 Å². The normalized spacial score (nSPS) is 13.8. The summed E-state index contributed by atoms with van der Waals surface area (Å²) in [7, 11) is 0. The van der Waals surface area contributed by atoms with Gasteiger partial charge < -0.3 is 15.0 Å². The van der Waals surface area contributed by atoms with Crippen LogP contribution in [0.25, 0.3) is 0 Å². The number of benzene rings is 2. The van der Waals surface area contributed by atoms with E-state index in [1.807, 2.05) is 13.8 Å². The highest BCUT2D eigenvalue weighted by molar-refractivity contribution is 5.92. The van der Waals surface area contributed by atoms with E-state index in [4.69, 9.17) is 4.74 Å². The Hall–Kier alpha value is -2.89. The van der Waals surface area contributed by atoms with Crippen molar-refractivity contribution in [1.29, 1.82) is 0 Å². The van der Waals surface area contributed by atoms with E-state index >= 15 is 0 Å². The summed E-state index contributed by atoms with van der Waals surface area (Å²) in [6, 6.07) is 11.7. The predicted octanol–water partition coefficient (Wildman–Crippen LogP) is 3.34. The summed E-state index contributed by atoms with van der Waals surface area (Å²) >= 11 is 0. The van der Waals surface area contributed by atoms with Gasteiger partial charge >= 0.3 is 0 Å². The van der Waals surface area contributed by atoms with Gasteiger partial charge in [-0.2, -0.15) is 0 Å². The smallest absolute Gasteiger partial charge is 0.261 e. The molecule has 1 aliphatic heterocycles. The molecule has 136 valence electrons. The Morgan fingerprint density at radius 1 is 1.27 bits per heavy atom. The molecule has 2 amide bonds. The first-order valence-electron chi connectivity index (χ1n) is 8.52. The minimum Gasteiger partial charge on any atom is -0.483 e. The zero-order chi connectivity index (χ0) is 18.7. The largest absolute Gasteiger partial charge is 0.483 e. The fraction of sp³-hybridized carbons (Fsp3) is 0.300. The van der Waals surface area contributed by atoms with E-state index in [0.717, 1.165) is 5.56 Å². The van der Waals surface area contributed by atoms with Gasteiger partial charge in [0.1, 0.15) is 11.6 Å². The van der Waals surface area contributed by atoms with Gasteiger partial charge in [-0.25, -0.2) is 4.39 Å². The molecule has 0 bridgehead atoms. The molecule has 0 spiro atoms. The number of halogens is 1. The van der Waals surface area contributed by atoms with E-state index in [0.29, 0.717) is 17.0 Å². The molecular weight excluding hydrogens is 335 g/mol. The summed E-state index contributed by atoms with van der Waals surface area (Å²) in [5.74, 6) is -0.180. The van der Waals surface area contributed by atoms with E-state index in [2.05, 4.69) is 5.32 Å². The Kier molecular flexibility index (Phi) is 5.21. The average molecular weight is 356 g/mol. The second kappa shape index (κ2) is 7.56. The summed E-state index contributed by atoms with van der Waals surface area (Å²) in [4.78, 5) is 25.8. The van der Waals surface area contributed by atoms with Gasteiger partial charge in [0.2, 0.25) is 5.91 Å². The third kappa shape index (κ3) is 4.02. The maximum Gasteiger partial charge on any atom is 0.261 e. The van der Waals surface area contributed by atoms with Crippen LogP contribution < -0.4 is 10.1 Å². The highest BCUT2D eigenvalue weighted by atomic mass is 19.1. The van der Waals surface area contributed by atoms with Crippen molar-refractivity contribution in [3.8, 4) is 5.75 Å². The van der Waals surface area contributed by atoms with Crippen LogP contribution >= 0.6 is 0 Å². The molecule has 0 saturated carbocycles. The van der Waals surface area contributed by atoms with Crippen LogP contribution in [-0.4, -0.2) is 23.3 Å². The van der Waals surface area contributed by atoms with Gasteiger partial charge in [0.05, 0.1) is 0 Å². The number of rotatable bonds is 4. The Balaban J connectivity index is 1.83. The van der Waals surface area contributed by atoms with Crippen molar-refractivity contribution >= 4 is 17.5 Å². The number of ether oxygens (including phenoxy) is 1. The van der Waals surface area contributed by atoms with Gasteiger partial charge in [-0.05, 0) is 24.3 Å². The van der Waals surface area contributed by atoms with Crippen molar-refractivity contribution < 1.29 is 18.7 Å². The molecule has 5 nitrogen and oxygen atoms in total. The Morgan fingerprint density at radius 3 is 2.77 bits per heavy atom. The summed E-state index contributed by atoms with van der Waals surface area (Å²) < 4.78 is 19.5. The van der Waals surface area contributed by atoms with Crippen molar-refractivity contribution in [2.75, 3.05) is 11.9 Å². The van der Waals surface area contributed by atoms with Crippen LogP contribution in [0.5, 0.6) is 5.75 Å². The van der Waals surface area contributed by atoms with Crippen molar-refractivity contribution in [3.63, 3.8) is 0 Å². The molecule has 0 unspecified atom stereocenters. The third-order valence-corrected chi connectivity index (χ3v) is 4.24. The molecule has 0 atom stereocenters. The zero-order valence-corrected chi connectivity index (χ0v) is 14.8. The van der Waals surface area contributed by atoms with E-state index in [9.17, 15) is 14.0 Å². The fourth-order valence-electron chi connectivity index (χ4n) is 2.71. The predicted molar refractivity (Wildman–Crippen MR) is 96.1 cm³/mol. The molecule has 2 aromatic carbocycles. The number of amides is 2. The SMILES string of the molecule is CC(C)C(=O)Nc1ccc2c(c1)CN(Cc1ccccc1F)C(=O)CO2. The van der Waals surface area contributed by atoms with Gasteiger partial charge in [0.25, 0.3) is 5.91 Å². The highest BCUT2D eigenvalue weighted by Crippen LogP contribution is 2.28. The number of carbonyl (C=O) groups is 2. The minimum atomic E-state index is -0.344. The number of carbonyl (C=O) groups excluding carboxylic acids is 2. The second-order valence-corrected chi connectivity index (χ2v) is 6.60. The van der Waals surface area contributed by atoms with Gasteiger partial charge in [-0.3, -0.25) is 9.59 Å². The third-order valence-electron chi connectivity index (χ3n) is 4.24. The van der Waals surface area contributed by atoms with E-state index in [-0.39, 0.29) is 43.2 Å². The van der Waals surface area contributed by atoms with Crippen molar-refractivity contribution in [2.45, 2.75) is 26.9 Å². The Bertz CT molecular complexity index is 836. The molecular formula is C20H21FN2O3. The quantitative estimate of drug-likeness (QED) is 0.914. The lowest BCUT2D eigenvalue weighted by Gasteiger charge is -2.20. The van der Waals surface area contributed by atoms with Crippen LogP contribution in [0.15, 0.2) is 42.5 Å². The standard InChI is InChI=1S/C20H21FN2O3/c1-13(2)20(25)22-16-7-8-18-15(9-16)11-23(19(24)12-26-18)10-14-5-3-4-6-17(14)21/h3-9,13H,10-12H2,1-2H3,(H,22,25). The van der Waals surface area contributed by atoms with Gasteiger partial charge in [-0.1, -0.05) is 32.0 Å². The maximum absolute atomic E-state index is 13.9. The topological polar surface area (TPSA) is 58.6 Å². The molecule has 1 N–H and O–H groups in total. The van der Waals surface area contributed by atoms with Crippen LogP contribution in [-0.2, 0) is 22.7 Å². The molecule has 0 radical (unpaired) electrons. The molecule has 0 aliphatic carbocycles. The molecule has 1 heterocycles. The lowest BCUT2D eigenvalue weighted by molar-refractivity contribution is -0.133. The van der Waals surface area contributed by atoms with E-state index in [1.165, 1.54) is 6.07 Å². The summed E-state index contributed by atoms with van der Waals surface area (Å²) in [6.45, 7) is 3.98. The first kappa shape index (κ1) is 17.9. The van der Waals surface area contributed by atoms with E-state index < -0.39 is 0 Å². The van der Waals surface area contributed by atoms with Crippen molar-refractivity contribution in [3.05, 3.63) is 59.4 Å². The molecule has 2 aromatic rings. The second-order valence-electron chi connectivity index (χ2n) is 6.60. The highest BCUT2D eigenvalue weighted by Gasteiger charge is 2.23. The van der Waals surface area contributed by atoms with Gasteiger partial charge in [0, 0.05) is 35.8 Å². The number of nitrogens with zero attached hydrogens (tertiary/aromatic N) is 1. The van der Waals surface area contributed by atoms with Crippen LogP contribution in [0.3, 0.4) is 0 Å². The van der Waals surface area contributed by atoms with Gasteiger partial charge in [0.15, 0.2) is 6.61 Å². The number of nitrogens with one attached hydrogen (secondary N) is 1. The summed E-state index contributed by atoms with van der Waals surface area (Å²) in [6.07, 6.45) is 0. The molecule has 0 saturated heterocycles. The molecule has 6 heteroatoms. The van der Waals surface area contributed by atoms with Crippen LogP contribution in [0, 0.1) is 11.7 Å². The molecule has 0 fully saturated rings. The number of hydrogen-bond acceptors (Lipinski definition) is 3. The van der Waals surface area contributed by atoms with Crippen molar-refractivity contribution in [1.82, 2.24) is 4.90 Å². The average Bonchev–Trinajstić information content (AvgIpc) is 2.76. The van der Waals surface area contributed by atoms with Crippen LogP contribution in [0.2, 0.25) is 0 Å². The van der Waals surface area contributed by atoms with Crippen LogP contribution in [0.1, 0.15) is 25.0 Å². The number of hydrogen-bond donors (Lipinski definition) is 1. The van der Waals surface area contributed by atoms with E-state index in [1.54, 1.807) is 41.3 Å². The van der Waals surface area contributed by atoms with Crippen molar-refractivity contribution in [2.24, 2.45) is 5.92 Å². The Morgan fingerprint density at radius 2 is 2.04 bits per heavy atom. The minimum absolute atomic E-state index is 0.0845.